The van der Waals surface area contributed by atoms with E-state index in [0.717, 1.165) is 24.9 Å². The number of nitrogen functional groups attached to an aromatic ring is 1. The minimum absolute atomic E-state index is 0.128. The van der Waals surface area contributed by atoms with E-state index in [2.05, 4.69) is 29.4 Å². The molecule has 0 saturated carbocycles. The van der Waals surface area contributed by atoms with Gasteiger partial charge in [0.05, 0.1) is 5.02 Å². The lowest BCUT2D eigenvalue weighted by Gasteiger charge is -2.20. The van der Waals surface area contributed by atoms with Crippen molar-refractivity contribution in [1.29, 1.82) is 0 Å². The van der Waals surface area contributed by atoms with E-state index >= 15 is 0 Å². The van der Waals surface area contributed by atoms with Crippen LogP contribution in [0.1, 0.15) is 30.5 Å². The molecule has 1 aromatic carbocycles. The van der Waals surface area contributed by atoms with Crippen LogP contribution in [-0.4, -0.2) is 11.5 Å². The molecule has 2 aromatic rings. The molecular formula is C16H20ClN3. The van der Waals surface area contributed by atoms with Gasteiger partial charge in [0.25, 0.3) is 0 Å². The molecule has 3 nitrogen and oxygen atoms in total. The molecule has 3 N–H and O–H groups in total. The number of rotatable bonds is 6. The fourth-order valence-electron chi connectivity index (χ4n) is 2.21. The number of aromatic nitrogens is 1. The largest absolute Gasteiger partial charge is 0.383 e. The van der Waals surface area contributed by atoms with Crippen molar-refractivity contribution in [3.63, 3.8) is 0 Å². The highest BCUT2D eigenvalue weighted by Gasteiger charge is 2.15. The number of benzene rings is 1. The van der Waals surface area contributed by atoms with Crippen LogP contribution in [0.4, 0.5) is 5.82 Å². The topological polar surface area (TPSA) is 50.9 Å². The third-order valence-corrected chi connectivity index (χ3v) is 3.42. The van der Waals surface area contributed by atoms with Crippen LogP contribution in [0, 0.1) is 0 Å². The molecule has 1 aromatic heterocycles. The zero-order valence-electron chi connectivity index (χ0n) is 11.6. The van der Waals surface area contributed by atoms with E-state index in [0.29, 0.717) is 10.8 Å². The second-order valence-electron chi connectivity index (χ2n) is 4.82. The van der Waals surface area contributed by atoms with Gasteiger partial charge < -0.3 is 11.1 Å². The van der Waals surface area contributed by atoms with Crippen LogP contribution >= 0.6 is 11.6 Å². The van der Waals surface area contributed by atoms with Gasteiger partial charge in [-0.15, -0.1) is 0 Å². The van der Waals surface area contributed by atoms with Crippen molar-refractivity contribution in [3.8, 4) is 0 Å². The van der Waals surface area contributed by atoms with Crippen LogP contribution in [0.15, 0.2) is 42.6 Å². The van der Waals surface area contributed by atoms with Gasteiger partial charge in [-0.2, -0.15) is 0 Å². The Morgan fingerprint density at radius 3 is 2.75 bits per heavy atom. The zero-order chi connectivity index (χ0) is 14.4. The molecule has 0 aliphatic rings. The van der Waals surface area contributed by atoms with Gasteiger partial charge >= 0.3 is 0 Å². The molecule has 0 fully saturated rings. The van der Waals surface area contributed by atoms with Gasteiger partial charge in [0, 0.05) is 17.8 Å². The Bertz CT molecular complexity index is 543. The minimum Gasteiger partial charge on any atom is -0.383 e. The number of nitrogens with one attached hydrogen (secondary N) is 1. The molecule has 106 valence electrons. The first kappa shape index (κ1) is 14.8. The molecule has 2 rings (SSSR count). The highest BCUT2D eigenvalue weighted by atomic mass is 35.5. The van der Waals surface area contributed by atoms with Crippen LogP contribution < -0.4 is 11.1 Å². The average Bonchev–Trinajstić information content (AvgIpc) is 2.47. The number of nitrogens with two attached hydrogens (primary N) is 1. The standard InChI is InChI=1S/C16H20ClN3/c1-2-8-19-15(9-12-6-4-3-5-7-12)14-10-13(17)11-20-16(14)18/h3-7,10-11,15,19H,2,8-9H2,1H3,(H2,18,20). The van der Waals surface area contributed by atoms with Crippen LogP contribution in [0.5, 0.6) is 0 Å². The van der Waals surface area contributed by atoms with Gasteiger partial charge in [0.1, 0.15) is 5.82 Å². The summed E-state index contributed by atoms with van der Waals surface area (Å²) in [5.74, 6) is 0.541. The second-order valence-corrected chi connectivity index (χ2v) is 5.26. The van der Waals surface area contributed by atoms with Crippen LogP contribution in [0.25, 0.3) is 0 Å². The Balaban J connectivity index is 2.24. The van der Waals surface area contributed by atoms with Crippen LogP contribution in [-0.2, 0) is 6.42 Å². The summed E-state index contributed by atoms with van der Waals surface area (Å²) >= 11 is 6.05. The van der Waals surface area contributed by atoms with Crippen molar-refractivity contribution in [2.45, 2.75) is 25.8 Å². The van der Waals surface area contributed by atoms with Gasteiger partial charge in [-0.25, -0.2) is 4.98 Å². The Hall–Kier alpha value is -1.58. The van der Waals surface area contributed by atoms with Gasteiger partial charge in [-0.1, -0.05) is 48.9 Å². The van der Waals surface area contributed by atoms with Gasteiger partial charge in [0.15, 0.2) is 0 Å². The summed E-state index contributed by atoms with van der Waals surface area (Å²) < 4.78 is 0. The first-order valence-electron chi connectivity index (χ1n) is 6.89. The zero-order valence-corrected chi connectivity index (χ0v) is 12.4. The van der Waals surface area contributed by atoms with E-state index in [1.165, 1.54) is 5.56 Å². The van der Waals surface area contributed by atoms with Crippen LogP contribution in [0.3, 0.4) is 0 Å². The molecule has 20 heavy (non-hydrogen) atoms. The molecule has 0 amide bonds. The second kappa shape index (κ2) is 7.27. The summed E-state index contributed by atoms with van der Waals surface area (Å²) in [6.45, 7) is 3.08. The molecule has 1 heterocycles. The van der Waals surface area contributed by atoms with Crippen molar-refractivity contribution in [2.75, 3.05) is 12.3 Å². The van der Waals surface area contributed by atoms with Gasteiger partial charge in [0.2, 0.25) is 0 Å². The van der Waals surface area contributed by atoms with Crippen molar-refractivity contribution in [1.82, 2.24) is 10.3 Å². The molecule has 0 radical (unpaired) electrons. The Morgan fingerprint density at radius 2 is 2.05 bits per heavy atom. The maximum atomic E-state index is 6.05. The Labute approximate surface area is 125 Å². The smallest absolute Gasteiger partial charge is 0.128 e. The molecule has 0 aliphatic heterocycles. The molecule has 0 bridgehead atoms. The molecule has 1 atom stereocenters. The number of nitrogens with zero attached hydrogens (tertiary/aromatic N) is 1. The summed E-state index contributed by atoms with van der Waals surface area (Å²) in [7, 11) is 0. The maximum Gasteiger partial charge on any atom is 0.128 e. The number of hydrogen-bond donors (Lipinski definition) is 2. The minimum atomic E-state index is 0.128. The monoisotopic (exact) mass is 289 g/mol. The van der Waals surface area contributed by atoms with Crippen molar-refractivity contribution in [3.05, 3.63) is 58.7 Å². The number of halogens is 1. The van der Waals surface area contributed by atoms with Gasteiger partial charge in [-0.05, 0) is 31.0 Å². The molecule has 0 saturated heterocycles. The predicted molar refractivity (Wildman–Crippen MR) is 84.8 cm³/mol. The SMILES string of the molecule is CCCNC(Cc1ccccc1)c1cc(Cl)cnc1N. The lowest BCUT2D eigenvalue weighted by atomic mass is 9.99. The number of hydrogen-bond acceptors (Lipinski definition) is 3. The summed E-state index contributed by atoms with van der Waals surface area (Å²) in [6.07, 6.45) is 3.52. The highest BCUT2D eigenvalue weighted by Crippen LogP contribution is 2.25. The molecule has 1 unspecified atom stereocenters. The number of anilines is 1. The number of pyridine rings is 1. The van der Waals surface area contributed by atoms with E-state index < -0.39 is 0 Å². The fraction of sp³-hybridized carbons (Fsp3) is 0.312. The molecular weight excluding hydrogens is 270 g/mol. The van der Waals surface area contributed by atoms with E-state index in [-0.39, 0.29) is 6.04 Å². The summed E-state index contributed by atoms with van der Waals surface area (Å²) in [5, 5.41) is 4.14. The third-order valence-electron chi connectivity index (χ3n) is 3.21. The first-order chi connectivity index (χ1) is 9.70. The van der Waals surface area contributed by atoms with E-state index in [9.17, 15) is 0 Å². The lowest BCUT2D eigenvalue weighted by Crippen LogP contribution is -2.25. The Morgan fingerprint density at radius 1 is 1.30 bits per heavy atom. The fourth-order valence-corrected chi connectivity index (χ4v) is 2.37. The normalized spacial score (nSPS) is 12.3. The maximum absolute atomic E-state index is 6.05. The van der Waals surface area contributed by atoms with Crippen molar-refractivity contribution >= 4 is 17.4 Å². The third kappa shape index (κ3) is 3.95. The van der Waals surface area contributed by atoms with E-state index in [1.54, 1.807) is 6.20 Å². The summed E-state index contributed by atoms with van der Waals surface area (Å²) in [5.41, 5.74) is 8.24. The Kier molecular flexibility index (Phi) is 5.39. The van der Waals surface area contributed by atoms with Crippen LogP contribution in [0.2, 0.25) is 5.02 Å². The molecule has 0 spiro atoms. The molecule has 0 aliphatic carbocycles. The van der Waals surface area contributed by atoms with E-state index in [1.807, 2.05) is 24.3 Å². The first-order valence-corrected chi connectivity index (χ1v) is 7.26. The lowest BCUT2D eigenvalue weighted by molar-refractivity contribution is 0.529. The predicted octanol–water partition coefficient (Wildman–Crippen LogP) is 3.60. The summed E-state index contributed by atoms with van der Waals surface area (Å²) in [6, 6.07) is 12.4. The summed E-state index contributed by atoms with van der Waals surface area (Å²) in [4.78, 5) is 4.16. The highest BCUT2D eigenvalue weighted by molar-refractivity contribution is 6.30. The van der Waals surface area contributed by atoms with E-state index in [4.69, 9.17) is 17.3 Å². The van der Waals surface area contributed by atoms with Crippen molar-refractivity contribution < 1.29 is 0 Å². The van der Waals surface area contributed by atoms with Gasteiger partial charge in [-0.3, -0.25) is 0 Å². The quantitative estimate of drug-likeness (QED) is 0.854. The molecule has 4 heteroatoms. The van der Waals surface area contributed by atoms with Crippen molar-refractivity contribution in [2.24, 2.45) is 0 Å². The average molecular weight is 290 g/mol.